The highest BCUT2D eigenvalue weighted by Crippen LogP contribution is 1.87. The van der Waals surface area contributed by atoms with Crippen molar-refractivity contribution in [2.45, 2.75) is 13.7 Å². The largest absolute Gasteiger partial charge is 0.225 e. The lowest BCUT2D eigenvalue weighted by Gasteiger charge is -1.82. The first-order valence-electron chi connectivity index (χ1n) is 2.25. The van der Waals surface area contributed by atoms with Crippen molar-refractivity contribution in [3.05, 3.63) is 11.9 Å². The Hall–Kier alpha value is -0.930. The van der Waals surface area contributed by atoms with Crippen LogP contribution in [-0.2, 0) is 6.80 Å². The van der Waals surface area contributed by atoms with Crippen LogP contribution in [0.25, 0.3) is 0 Å². The van der Waals surface area contributed by atoms with E-state index in [-0.39, 0.29) is 0 Å². The van der Waals surface area contributed by atoms with Gasteiger partial charge in [-0.25, -0.2) is 9.07 Å². The van der Waals surface area contributed by atoms with Gasteiger partial charge in [-0.3, -0.25) is 0 Å². The van der Waals surface area contributed by atoms with Crippen LogP contribution in [-0.4, -0.2) is 15.0 Å². The number of nitrogens with zero attached hydrogens (tertiary/aromatic N) is 3. The number of rotatable bonds is 1. The molecule has 3 nitrogen and oxygen atoms in total. The van der Waals surface area contributed by atoms with Gasteiger partial charge >= 0.3 is 0 Å². The Labute approximate surface area is 46.1 Å². The molecule has 0 amide bonds. The maximum absolute atomic E-state index is 11.6. The van der Waals surface area contributed by atoms with E-state index in [0.717, 1.165) is 10.4 Å². The van der Waals surface area contributed by atoms with Crippen molar-refractivity contribution in [2.24, 2.45) is 0 Å². The summed E-state index contributed by atoms with van der Waals surface area (Å²) in [6, 6.07) is 0. The first-order chi connectivity index (χ1) is 3.83. The summed E-state index contributed by atoms with van der Waals surface area (Å²) in [4.78, 5) is 0. The normalized spacial score (nSPS) is 9.75. The molecular weight excluding hydrogens is 109 g/mol. The van der Waals surface area contributed by atoms with E-state index in [9.17, 15) is 4.39 Å². The number of hydrogen-bond acceptors (Lipinski definition) is 2. The average Bonchev–Trinajstić information content (AvgIpc) is 2.14. The quantitative estimate of drug-likeness (QED) is 0.534. The van der Waals surface area contributed by atoms with Crippen molar-refractivity contribution in [2.75, 3.05) is 0 Å². The van der Waals surface area contributed by atoms with Crippen molar-refractivity contribution >= 4 is 0 Å². The van der Waals surface area contributed by atoms with Gasteiger partial charge in [-0.2, -0.15) is 0 Å². The minimum atomic E-state index is -0.596. The van der Waals surface area contributed by atoms with Crippen molar-refractivity contribution < 1.29 is 4.39 Å². The zero-order chi connectivity index (χ0) is 5.98. The summed E-state index contributed by atoms with van der Waals surface area (Å²) in [7, 11) is 0. The number of halogens is 1. The van der Waals surface area contributed by atoms with Crippen LogP contribution in [0.15, 0.2) is 6.20 Å². The van der Waals surface area contributed by atoms with Gasteiger partial charge in [0.25, 0.3) is 0 Å². The highest BCUT2D eigenvalue weighted by atomic mass is 19.1. The SMILES string of the molecule is Cc1cn(CF)nn1. The van der Waals surface area contributed by atoms with Crippen LogP contribution >= 0.6 is 0 Å². The van der Waals surface area contributed by atoms with Gasteiger partial charge in [0, 0.05) is 0 Å². The molecular formula is C4H6FN3. The third-order valence-corrected chi connectivity index (χ3v) is 0.776. The molecule has 44 valence electrons. The minimum Gasteiger partial charge on any atom is -0.225 e. The number of alkyl halides is 1. The van der Waals surface area contributed by atoms with Gasteiger partial charge in [-0.15, -0.1) is 5.10 Å². The molecule has 1 aromatic rings. The monoisotopic (exact) mass is 115 g/mol. The fourth-order valence-corrected chi connectivity index (χ4v) is 0.454. The van der Waals surface area contributed by atoms with Crippen molar-refractivity contribution in [1.82, 2.24) is 15.0 Å². The molecule has 0 spiro atoms. The van der Waals surface area contributed by atoms with Gasteiger partial charge in [-0.1, -0.05) is 5.21 Å². The van der Waals surface area contributed by atoms with Crippen LogP contribution in [0.3, 0.4) is 0 Å². The zero-order valence-corrected chi connectivity index (χ0v) is 4.50. The molecule has 0 bridgehead atoms. The molecule has 0 aliphatic heterocycles. The summed E-state index contributed by atoms with van der Waals surface area (Å²) in [5.41, 5.74) is 0.739. The van der Waals surface area contributed by atoms with E-state index >= 15 is 0 Å². The first kappa shape index (κ1) is 5.21. The molecule has 0 N–H and O–H groups in total. The van der Waals surface area contributed by atoms with Crippen LogP contribution in [0.4, 0.5) is 4.39 Å². The Kier molecular flexibility index (Phi) is 1.24. The van der Waals surface area contributed by atoms with Crippen LogP contribution < -0.4 is 0 Å². The Bertz CT molecular complexity index is 172. The maximum atomic E-state index is 11.6. The molecule has 0 saturated heterocycles. The summed E-state index contributed by atoms with van der Waals surface area (Å²) in [6.45, 7) is 1.17. The molecule has 8 heavy (non-hydrogen) atoms. The van der Waals surface area contributed by atoms with E-state index in [2.05, 4.69) is 10.3 Å². The molecule has 0 atom stereocenters. The third-order valence-electron chi connectivity index (χ3n) is 0.776. The van der Waals surface area contributed by atoms with E-state index < -0.39 is 6.80 Å². The van der Waals surface area contributed by atoms with E-state index in [1.165, 1.54) is 0 Å². The highest BCUT2D eigenvalue weighted by Gasteiger charge is 1.89. The molecule has 0 aromatic carbocycles. The Morgan fingerprint density at radius 1 is 1.88 bits per heavy atom. The molecule has 4 heteroatoms. The van der Waals surface area contributed by atoms with Crippen LogP contribution in [0.1, 0.15) is 5.69 Å². The van der Waals surface area contributed by atoms with Gasteiger partial charge in [-0.05, 0) is 6.92 Å². The fourth-order valence-electron chi connectivity index (χ4n) is 0.454. The molecule has 0 fully saturated rings. The van der Waals surface area contributed by atoms with E-state index in [1.54, 1.807) is 13.1 Å². The van der Waals surface area contributed by atoms with Crippen LogP contribution in [0, 0.1) is 6.92 Å². The first-order valence-corrected chi connectivity index (χ1v) is 2.25. The van der Waals surface area contributed by atoms with Gasteiger partial charge < -0.3 is 0 Å². The highest BCUT2D eigenvalue weighted by molar-refractivity contribution is 4.85. The second-order valence-corrected chi connectivity index (χ2v) is 1.52. The molecule has 1 heterocycles. The molecule has 0 saturated carbocycles. The maximum Gasteiger partial charge on any atom is 0.183 e. The number of aromatic nitrogens is 3. The second-order valence-electron chi connectivity index (χ2n) is 1.52. The van der Waals surface area contributed by atoms with Crippen molar-refractivity contribution in [3.8, 4) is 0 Å². The summed E-state index contributed by atoms with van der Waals surface area (Å²) in [5.74, 6) is 0. The minimum absolute atomic E-state index is 0.596. The Morgan fingerprint density at radius 2 is 2.62 bits per heavy atom. The predicted molar refractivity (Wildman–Crippen MR) is 25.9 cm³/mol. The van der Waals surface area contributed by atoms with Gasteiger partial charge in [0.2, 0.25) is 0 Å². The molecule has 1 rings (SSSR count). The predicted octanol–water partition coefficient (Wildman–Crippen LogP) is 0.514. The standard InChI is InChI=1S/C4H6FN3/c1-4-2-8(3-5)7-6-4/h2H,3H2,1H3. The lowest BCUT2D eigenvalue weighted by molar-refractivity contribution is 0.343. The van der Waals surface area contributed by atoms with Crippen LogP contribution in [0.2, 0.25) is 0 Å². The summed E-state index contributed by atoms with van der Waals surface area (Å²) in [6.07, 6.45) is 1.54. The van der Waals surface area contributed by atoms with Gasteiger partial charge in [0.1, 0.15) is 0 Å². The second kappa shape index (κ2) is 1.90. The third kappa shape index (κ3) is 0.828. The summed E-state index contributed by atoms with van der Waals surface area (Å²) >= 11 is 0. The molecule has 1 aromatic heterocycles. The number of aryl methyl sites for hydroxylation is 1. The van der Waals surface area contributed by atoms with Gasteiger partial charge in [0.15, 0.2) is 6.80 Å². The number of hydrogen-bond donors (Lipinski definition) is 0. The lowest BCUT2D eigenvalue weighted by atomic mass is 10.6. The van der Waals surface area contributed by atoms with E-state index in [1.807, 2.05) is 0 Å². The molecule has 0 radical (unpaired) electrons. The van der Waals surface area contributed by atoms with E-state index in [4.69, 9.17) is 0 Å². The fraction of sp³-hybridized carbons (Fsp3) is 0.500. The molecule has 0 unspecified atom stereocenters. The zero-order valence-electron chi connectivity index (χ0n) is 4.50. The molecule has 0 aliphatic rings. The molecule has 0 aliphatic carbocycles. The van der Waals surface area contributed by atoms with Gasteiger partial charge in [0.05, 0.1) is 11.9 Å². The summed E-state index contributed by atoms with van der Waals surface area (Å²) < 4.78 is 12.7. The van der Waals surface area contributed by atoms with Crippen molar-refractivity contribution in [3.63, 3.8) is 0 Å². The smallest absolute Gasteiger partial charge is 0.183 e. The van der Waals surface area contributed by atoms with Crippen molar-refractivity contribution in [1.29, 1.82) is 0 Å². The Balaban J connectivity index is 2.84. The van der Waals surface area contributed by atoms with Crippen LogP contribution in [0.5, 0.6) is 0 Å². The lowest BCUT2D eigenvalue weighted by Crippen LogP contribution is -1.91. The Morgan fingerprint density at radius 3 is 2.88 bits per heavy atom. The average molecular weight is 115 g/mol. The topological polar surface area (TPSA) is 30.7 Å². The summed E-state index contributed by atoms with van der Waals surface area (Å²) in [5, 5.41) is 6.99. The van der Waals surface area contributed by atoms with E-state index in [0.29, 0.717) is 0 Å².